The Morgan fingerprint density at radius 2 is 1.00 bits per heavy atom. The van der Waals surface area contributed by atoms with Gasteiger partial charge in [0.25, 0.3) is 0 Å². The Bertz CT molecular complexity index is 2960. The number of aliphatic hydroxyl groups is 8. The molecular weight excluding hydrogens is 953 g/mol. The average molecular weight is 1010 g/mol. The van der Waals surface area contributed by atoms with Gasteiger partial charge in [0, 0.05) is 55.1 Å². The van der Waals surface area contributed by atoms with Gasteiger partial charge in [-0.05, 0) is 25.7 Å². The summed E-state index contributed by atoms with van der Waals surface area (Å²) in [6.07, 6.45) is -15.5. The van der Waals surface area contributed by atoms with E-state index in [9.17, 15) is 55.9 Å². The normalized spacial score (nSPS) is 26.2. The molecule has 0 bridgehead atoms. The first-order valence-electron chi connectivity index (χ1n) is 21.6. The molecule has 5 aromatic carbocycles. The Labute approximate surface area is 399 Å². The van der Waals surface area contributed by atoms with Gasteiger partial charge in [-0.15, -0.1) is 23.5 Å². The molecule has 3 aliphatic rings. The van der Waals surface area contributed by atoms with Crippen LogP contribution < -0.4 is 29.8 Å². The van der Waals surface area contributed by atoms with E-state index in [1.165, 1.54) is 35.4 Å². The Kier molecular flexibility index (Phi) is 14.7. The standard InChI is InChI=1S/C46H52O21S2/c1-14-11-16-20-21-23-26(25-22(20)27(31(52)39(16)60-3)33(54)43(41(25)62-5)68-9-7-64-45-37(58)35(56)29(50)17(12-47)66-45)42(63-6)44(34(55)28(23)32(53)40(61-4)24(21)19(14)15(2)49)69-10-8-65-46-38(59)36(57)30(51)18(13-48)67-46/h17-18,29-30,35-38,45-48,50-53,56-59H,7-13H2,1-6H3/t17-,18-,29-,30-,35+,36+,37-,38-,45-,46-/m1/s1. The number of fused-ring (bicyclic) bond motifs is 1. The summed E-state index contributed by atoms with van der Waals surface area (Å²) in [5, 5.41) is 107. The third-order valence-electron chi connectivity index (χ3n) is 12.9. The van der Waals surface area contributed by atoms with Gasteiger partial charge in [0.15, 0.2) is 41.4 Å². The highest BCUT2D eigenvalue weighted by Gasteiger charge is 2.46. The van der Waals surface area contributed by atoms with Gasteiger partial charge in [-0.25, -0.2) is 0 Å². The van der Waals surface area contributed by atoms with Gasteiger partial charge in [-0.2, -0.15) is 0 Å². The molecule has 0 amide bonds. The smallest absolute Gasteiger partial charge is 0.207 e. The number of ether oxygens (including phenoxy) is 8. The highest BCUT2D eigenvalue weighted by molar-refractivity contribution is 7.99. The molecule has 2 aliphatic heterocycles. The van der Waals surface area contributed by atoms with Gasteiger partial charge in [0.05, 0.1) is 75.4 Å². The van der Waals surface area contributed by atoms with Crippen LogP contribution in [0.3, 0.4) is 0 Å². The second-order valence-corrected chi connectivity index (χ2v) is 18.9. The third-order valence-corrected chi connectivity index (χ3v) is 15.0. The van der Waals surface area contributed by atoms with Crippen LogP contribution in [-0.2, 0) is 30.2 Å². The van der Waals surface area contributed by atoms with Crippen LogP contribution in [0.15, 0.2) is 25.0 Å². The number of thioether (sulfide) groups is 2. The van der Waals surface area contributed by atoms with Crippen molar-refractivity contribution >= 4 is 78.0 Å². The number of aliphatic hydroxyl groups excluding tert-OH is 8. The number of ketones is 1. The monoisotopic (exact) mass is 1000 g/mol. The molecule has 2 fully saturated rings. The fraction of sp³-hybridized carbons (Fsp3) is 0.500. The van der Waals surface area contributed by atoms with E-state index in [1.54, 1.807) is 6.92 Å². The molecule has 8 rings (SSSR count). The number of carbonyl (C=O) groups is 1. The summed E-state index contributed by atoms with van der Waals surface area (Å²) < 4.78 is 46.4. The van der Waals surface area contributed by atoms with Crippen LogP contribution in [0.25, 0.3) is 48.7 Å². The molecule has 2 saturated heterocycles. The fourth-order valence-corrected chi connectivity index (χ4v) is 11.7. The zero-order valence-electron chi connectivity index (χ0n) is 38.0. The fourth-order valence-electron chi connectivity index (χ4n) is 9.86. The number of carbonyl (C=O) groups excluding carboxylic acids is 1. The van der Waals surface area contributed by atoms with Crippen molar-refractivity contribution in [2.24, 2.45) is 0 Å². The molecule has 1 aliphatic carbocycles. The Balaban J connectivity index is 1.38. The highest BCUT2D eigenvalue weighted by atomic mass is 32.2. The van der Waals surface area contributed by atoms with Crippen molar-refractivity contribution in [3.8, 4) is 34.5 Å². The minimum Gasteiger partial charge on any atom is -0.504 e. The van der Waals surface area contributed by atoms with Crippen LogP contribution in [0.1, 0.15) is 25.0 Å². The molecule has 374 valence electrons. The molecular formula is C46H52O21S2. The number of benzene rings is 5. The summed E-state index contributed by atoms with van der Waals surface area (Å²) in [6.45, 7) is 1.15. The van der Waals surface area contributed by atoms with E-state index >= 15 is 9.59 Å². The average Bonchev–Trinajstić information content (AvgIpc) is 3.46. The first-order valence-corrected chi connectivity index (χ1v) is 23.6. The van der Waals surface area contributed by atoms with Crippen LogP contribution in [-0.4, -0.2) is 185 Å². The number of Topliss-reactive ketones (excluding diaryl/α,β-unsaturated/α-hetero) is 1. The lowest BCUT2D eigenvalue weighted by molar-refractivity contribution is -0.299. The summed E-state index contributed by atoms with van der Waals surface area (Å²) in [5.41, 5.74) is -0.420. The van der Waals surface area contributed by atoms with E-state index in [0.717, 1.165) is 23.5 Å². The van der Waals surface area contributed by atoms with Gasteiger partial charge >= 0.3 is 0 Å². The van der Waals surface area contributed by atoms with Crippen LogP contribution in [0.2, 0.25) is 0 Å². The zero-order valence-corrected chi connectivity index (χ0v) is 39.6. The summed E-state index contributed by atoms with van der Waals surface area (Å²) in [4.78, 5) is 43.8. The van der Waals surface area contributed by atoms with Crippen molar-refractivity contribution in [1.29, 1.82) is 0 Å². The molecule has 5 aromatic rings. The minimum absolute atomic E-state index is 0.0160. The predicted molar refractivity (Wildman–Crippen MR) is 249 cm³/mol. The minimum atomic E-state index is -1.71. The molecule has 0 unspecified atom stereocenters. The molecule has 0 saturated carbocycles. The number of phenols is 2. The van der Waals surface area contributed by atoms with Crippen molar-refractivity contribution in [2.45, 2.75) is 91.5 Å². The van der Waals surface area contributed by atoms with Crippen LogP contribution in [0.4, 0.5) is 0 Å². The number of rotatable bonds is 17. The first-order chi connectivity index (χ1) is 32.9. The van der Waals surface area contributed by atoms with Crippen molar-refractivity contribution < 1.29 is 93.8 Å². The van der Waals surface area contributed by atoms with E-state index in [4.69, 9.17) is 37.9 Å². The topological polar surface area (TPSA) is 327 Å². The van der Waals surface area contributed by atoms with Crippen molar-refractivity contribution in [2.75, 3.05) is 66.4 Å². The number of methoxy groups -OCH3 is 4. The second-order valence-electron chi connectivity index (χ2n) is 16.7. The van der Waals surface area contributed by atoms with E-state index in [0.29, 0.717) is 11.1 Å². The maximum Gasteiger partial charge on any atom is 0.207 e. The Morgan fingerprint density at radius 1 is 0.580 bits per heavy atom. The molecule has 10 atom stereocenters. The predicted octanol–water partition coefficient (Wildman–Crippen LogP) is 0.0768. The zero-order chi connectivity index (χ0) is 50.1. The molecule has 69 heavy (non-hydrogen) atoms. The largest absolute Gasteiger partial charge is 0.504 e. The van der Waals surface area contributed by atoms with Crippen molar-refractivity contribution in [3.63, 3.8) is 0 Å². The third kappa shape index (κ3) is 7.96. The maximum atomic E-state index is 15.1. The molecule has 0 aromatic heterocycles. The van der Waals surface area contributed by atoms with Gasteiger partial charge in [0.1, 0.15) is 60.3 Å². The number of hydrogen-bond donors (Lipinski definition) is 10. The van der Waals surface area contributed by atoms with Gasteiger partial charge in [0.2, 0.25) is 10.9 Å². The second kappa shape index (κ2) is 19.9. The molecule has 23 heteroatoms. The SMILES string of the molecule is COc1c(O)c2c(=O)c(SCCO[C@@H]3O[C@H](CO)[C@@H](O)[C@H](O)[C@H]3O)c(OC)c3c4c(OC)c(SCCO[C@@H]5O[C@H](CO)[C@@H](O)[C@H](O)[C@H]5O)c(=O)c5c(O)c(OC)c6c(c(c1CC(C)=C6C(C)=O)c23)c54. The summed E-state index contributed by atoms with van der Waals surface area (Å²) in [6, 6.07) is 0. The van der Waals surface area contributed by atoms with Gasteiger partial charge in [-0.3, -0.25) is 14.4 Å². The van der Waals surface area contributed by atoms with E-state index in [2.05, 4.69) is 0 Å². The van der Waals surface area contributed by atoms with Crippen LogP contribution >= 0.6 is 23.5 Å². The van der Waals surface area contributed by atoms with Crippen molar-refractivity contribution in [1.82, 2.24) is 0 Å². The number of allylic oxidation sites excluding steroid dienone is 2. The number of hydrogen-bond acceptors (Lipinski definition) is 23. The molecule has 0 radical (unpaired) electrons. The molecule has 2 heterocycles. The lowest BCUT2D eigenvalue weighted by Crippen LogP contribution is -2.59. The van der Waals surface area contributed by atoms with E-state index < -0.39 is 103 Å². The summed E-state index contributed by atoms with van der Waals surface area (Å²) >= 11 is 1.82. The first kappa shape index (κ1) is 50.8. The van der Waals surface area contributed by atoms with Crippen LogP contribution in [0.5, 0.6) is 34.5 Å². The Hall–Kier alpha value is -4.57. The quantitative estimate of drug-likeness (QED) is 0.0255. The summed E-state index contributed by atoms with van der Waals surface area (Å²) in [5.74, 6) is -2.19. The van der Waals surface area contributed by atoms with E-state index in [1.807, 2.05) is 0 Å². The van der Waals surface area contributed by atoms with Gasteiger partial charge in [-0.1, -0.05) is 5.57 Å². The van der Waals surface area contributed by atoms with Crippen LogP contribution in [0, 0.1) is 0 Å². The lowest BCUT2D eigenvalue weighted by Gasteiger charge is -2.39. The number of aromatic hydroxyl groups is 2. The van der Waals surface area contributed by atoms with E-state index in [-0.39, 0.29) is 118 Å². The molecule has 21 nitrogen and oxygen atoms in total. The maximum absolute atomic E-state index is 15.1. The van der Waals surface area contributed by atoms with Crippen molar-refractivity contribution in [3.05, 3.63) is 37.1 Å². The number of phenolic OH excluding ortho intramolecular Hbond substituents is 2. The highest BCUT2D eigenvalue weighted by Crippen LogP contribution is 2.60. The van der Waals surface area contributed by atoms with Gasteiger partial charge < -0.3 is 89.0 Å². The Morgan fingerprint density at radius 3 is 1.41 bits per heavy atom. The molecule has 10 N–H and O–H groups in total. The molecule has 0 spiro atoms. The lowest BCUT2D eigenvalue weighted by atomic mass is 9.82. The summed E-state index contributed by atoms with van der Waals surface area (Å²) in [7, 11) is 5.16.